The summed E-state index contributed by atoms with van der Waals surface area (Å²) in [7, 11) is -4.67. The van der Waals surface area contributed by atoms with E-state index in [4.69, 9.17) is 17.5 Å². The summed E-state index contributed by atoms with van der Waals surface area (Å²) in [4.78, 5) is 25.2. The van der Waals surface area contributed by atoms with Crippen molar-refractivity contribution in [1.29, 1.82) is 0 Å². The maximum atomic E-state index is 13.1. The first-order chi connectivity index (χ1) is 13.3. The molecule has 4 aliphatic rings. The zero-order chi connectivity index (χ0) is 21.8. The standard InChI is InChI=1S/C21H30O3.H2O4S/c1-12(22)15-4-5-16-19-17(7-9-21(15,16)3)20(2)8-6-14(23)10-13(20)11-18(19)24;1-5(2,3)4/h11,14-17,19,23H,4-10H2,1-3H3;(H2,1,2,3,4). The molecule has 7 atom stereocenters. The predicted molar refractivity (Wildman–Crippen MR) is 106 cm³/mol. The second-order valence-corrected chi connectivity index (χ2v) is 10.8. The lowest BCUT2D eigenvalue weighted by atomic mass is 9.47. The number of aliphatic hydroxyl groups excluding tert-OH is 1. The number of aliphatic hydroxyl groups is 1. The number of fused-ring (bicyclic) bond motifs is 5. The Morgan fingerprint density at radius 2 is 1.69 bits per heavy atom. The smallest absolute Gasteiger partial charge is 0.393 e. The highest BCUT2D eigenvalue weighted by atomic mass is 32.3. The molecule has 0 aromatic rings. The van der Waals surface area contributed by atoms with E-state index in [9.17, 15) is 14.7 Å². The maximum absolute atomic E-state index is 13.1. The van der Waals surface area contributed by atoms with E-state index in [-0.39, 0.29) is 34.6 Å². The summed E-state index contributed by atoms with van der Waals surface area (Å²) in [6, 6.07) is 0. The van der Waals surface area contributed by atoms with Gasteiger partial charge in [0.1, 0.15) is 5.78 Å². The first-order valence-corrected chi connectivity index (χ1v) is 11.8. The molecule has 3 fully saturated rings. The van der Waals surface area contributed by atoms with Crippen LogP contribution in [0.4, 0.5) is 0 Å². The van der Waals surface area contributed by atoms with Crippen molar-refractivity contribution in [3.05, 3.63) is 11.6 Å². The van der Waals surface area contributed by atoms with Crippen LogP contribution in [-0.4, -0.2) is 40.3 Å². The van der Waals surface area contributed by atoms with Crippen LogP contribution in [0.3, 0.4) is 0 Å². The molecule has 0 radical (unpaired) electrons. The molecule has 0 heterocycles. The topological polar surface area (TPSA) is 129 Å². The number of hydrogen-bond acceptors (Lipinski definition) is 5. The van der Waals surface area contributed by atoms with Crippen LogP contribution in [0.2, 0.25) is 0 Å². The third-order valence-electron chi connectivity index (χ3n) is 8.41. The van der Waals surface area contributed by atoms with Gasteiger partial charge in [-0.1, -0.05) is 19.4 Å². The zero-order valence-electron chi connectivity index (χ0n) is 17.3. The van der Waals surface area contributed by atoms with Gasteiger partial charge in [-0.3, -0.25) is 18.7 Å². The van der Waals surface area contributed by atoms with Crippen molar-refractivity contribution in [2.75, 3.05) is 0 Å². The highest BCUT2D eigenvalue weighted by Crippen LogP contribution is 2.65. The van der Waals surface area contributed by atoms with Gasteiger partial charge in [-0.2, -0.15) is 8.42 Å². The van der Waals surface area contributed by atoms with Crippen molar-refractivity contribution < 1.29 is 32.2 Å². The molecule has 8 heteroatoms. The molecule has 164 valence electrons. The lowest BCUT2D eigenvalue weighted by molar-refractivity contribution is -0.138. The molecule has 0 saturated heterocycles. The molecule has 4 aliphatic carbocycles. The lowest BCUT2D eigenvalue weighted by Gasteiger charge is -2.57. The van der Waals surface area contributed by atoms with Crippen LogP contribution in [0.5, 0.6) is 0 Å². The van der Waals surface area contributed by atoms with Crippen molar-refractivity contribution in [2.24, 2.45) is 34.5 Å². The van der Waals surface area contributed by atoms with Gasteiger partial charge < -0.3 is 5.11 Å². The van der Waals surface area contributed by atoms with Crippen LogP contribution in [0.1, 0.15) is 65.7 Å². The molecule has 3 saturated carbocycles. The number of carbonyl (C=O) groups is 2. The third-order valence-corrected chi connectivity index (χ3v) is 8.41. The second kappa shape index (κ2) is 7.55. The minimum atomic E-state index is -4.67. The number of hydrogen-bond donors (Lipinski definition) is 3. The molecule has 0 aromatic heterocycles. The number of rotatable bonds is 1. The molecular weight excluding hydrogens is 396 g/mol. The Labute approximate surface area is 172 Å². The van der Waals surface area contributed by atoms with E-state index in [0.29, 0.717) is 24.0 Å². The summed E-state index contributed by atoms with van der Waals surface area (Å²) in [6.45, 7) is 6.33. The molecule has 0 spiro atoms. The highest BCUT2D eigenvalue weighted by molar-refractivity contribution is 7.79. The maximum Gasteiger partial charge on any atom is 0.394 e. The first-order valence-electron chi connectivity index (χ1n) is 10.4. The van der Waals surface area contributed by atoms with Gasteiger partial charge in [0.15, 0.2) is 5.78 Å². The van der Waals surface area contributed by atoms with E-state index in [1.54, 1.807) is 6.92 Å². The van der Waals surface area contributed by atoms with Crippen molar-refractivity contribution in [1.82, 2.24) is 0 Å². The molecule has 0 aromatic carbocycles. The average molecular weight is 429 g/mol. The van der Waals surface area contributed by atoms with Gasteiger partial charge in [0.25, 0.3) is 0 Å². The Hall–Kier alpha value is -1.09. The summed E-state index contributed by atoms with van der Waals surface area (Å²) >= 11 is 0. The van der Waals surface area contributed by atoms with Crippen LogP contribution >= 0.6 is 0 Å². The summed E-state index contributed by atoms with van der Waals surface area (Å²) < 4.78 is 31.6. The second-order valence-electron chi connectivity index (χ2n) is 9.86. The van der Waals surface area contributed by atoms with E-state index in [0.717, 1.165) is 38.5 Å². The van der Waals surface area contributed by atoms with Crippen LogP contribution in [-0.2, 0) is 20.0 Å². The molecule has 4 rings (SSSR count). The molecule has 3 N–H and O–H groups in total. The number of Topliss-reactive ketones (excluding diaryl/α,β-unsaturated/α-hetero) is 1. The van der Waals surface area contributed by atoms with Gasteiger partial charge in [-0.05, 0) is 80.6 Å². The Balaban J connectivity index is 0.000000431. The Kier molecular flexibility index (Phi) is 5.88. The average Bonchev–Trinajstić information content (AvgIpc) is 2.92. The fourth-order valence-electron chi connectivity index (χ4n) is 7.05. The monoisotopic (exact) mass is 428 g/mol. The number of allylic oxidation sites excluding steroid dienone is 1. The van der Waals surface area contributed by atoms with Crippen molar-refractivity contribution in [3.63, 3.8) is 0 Å². The largest absolute Gasteiger partial charge is 0.394 e. The number of ketones is 2. The van der Waals surface area contributed by atoms with Crippen LogP contribution in [0, 0.1) is 34.5 Å². The minimum absolute atomic E-state index is 0.0124. The number of carbonyl (C=O) groups excluding carboxylic acids is 2. The van der Waals surface area contributed by atoms with Gasteiger partial charge in [0, 0.05) is 11.8 Å². The summed E-state index contributed by atoms with van der Waals surface area (Å²) in [5, 5.41) is 10.0. The normalized spacial score (nSPS) is 43.9. The molecule has 7 unspecified atom stereocenters. The van der Waals surface area contributed by atoms with Gasteiger partial charge in [0.2, 0.25) is 0 Å². The minimum Gasteiger partial charge on any atom is -0.393 e. The quantitative estimate of drug-likeness (QED) is 0.547. The van der Waals surface area contributed by atoms with Crippen molar-refractivity contribution >= 4 is 22.0 Å². The third kappa shape index (κ3) is 4.09. The molecule has 0 amide bonds. The molecular formula is C21H32O7S. The van der Waals surface area contributed by atoms with Gasteiger partial charge in [0.05, 0.1) is 6.10 Å². The SMILES string of the molecule is CC(=O)C1CCC2C3C(=O)C=C4CC(O)CCC4(C)C3CCC12C.O=S(=O)(O)O. The molecule has 0 aliphatic heterocycles. The van der Waals surface area contributed by atoms with Gasteiger partial charge in [-0.15, -0.1) is 0 Å². The van der Waals surface area contributed by atoms with E-state index in [2.05, 4.69) is 13.8 Å². The predicted octanol–water partition coefficient (Wildman–Crippen LogP) is 3.04. The molecule has 0 bridgehead atoms. The first kappa shape index (κ1) is 22.6. The zero-order valence-corrected chi connectivity index (χ0v) is 18.1. The molecule has 29 heavy (non-hydrogen) atoms. The summed E-state index contributed by atoms with van der Waals surface area (Å²) in [5.74, 6) is 1.59. The lowest BCUT2D eigenvalue weighted by Crippen LogP contribution is -2.53. The Bertz CT molecular complexity index is 824. The Morgan fingerprint density at radius 1 is 1.07 bits per heavy atom. The summed E-state index contributed by atoms with van der Waals surface area (Å²) in [5.41, 5.74) is 1.28. The van der Waals surface area contributed by atoms with E-state index in [1.165, 1.54) is 5.57 Å². The van der Waals surface area contributed by atoms with Crippen molar-refractivity contribution in [2.45, 2.75) is 71.8 Å². The fourth-order valence-corrected chi connectivity index (χ4v) is 7.05. The van der Waals surface area contributed by atoms with E-state index in [1.807, 2.05) is 6.08 Å². The van der Waals surface area contributed by atoms with Crippen LogP contribution in [0.15, 0.2) is 11.6 Å². The van der Waals surface area contributed by atoms with Crippen molar-refractivity contribution in [3.8, 4) is 0 Å². The highest BCUT2D eigenvalue weighted by Gasteiger charge is 2.61. The molecule has 7 nitrogen and oxygen atoms in total. The van der Waals surface area contributed by atoms with Crippen LogP contribution < -0.4 is 0 Å². The fraction of sp³-hybridized carbons (Fsp3) is 0.810. The van der Waals surface area contributed by atoms with Crippen LogP contribution in [0.25, 0.3) is 0 Å². The van der Waals surface area contributed by atoms with E-state index < -0.39 is 10.4 Å². The Morgan fingerprint density at radius 3 is 2.28 bits per heavy atom. The van der Waals surface area contributed by atoms with Gasteiger partial charge >= 0.3 is 10.4 Å². The van der Waals surface area contributed by atoms with Gasteiger partial charge in [-0.25, -0.2) is 0 Å². The summed E-state index contributed by atoms with van der Waals surface area (Å²) in [6.07, 6.45) is 8.22. The van der Waals surface area contributed by atoms with E-state index >= 15 is 0 Å².